The Labute approximate surface area is 74.7 Å². The van der Waals surface area contributed by atoms with Crippen LogP contribution in [0.1, 0.15) is 13.3 Å². The van der Waals surface area contributed by atoms with E-state index in [0.717, 1.165) is 13.1 Å². The average molecular weight is 166 g/mol. The van der Waals surface area contributed by atoms with Crippen molar-refractivity contribution >= 4 is 0 Å². The van der Waals surface area contributed by atoms with Gasteiger partial charge >= 0.3 is 0 Å². The van der Waals surface area contributed by atoms with E-state index in [0.29, 0.717) is 6.54 Å². The molecule has 12 heavy (non-hydrogen) atoms. The molecule has 0 aromatic rings. The molecule has 0 aliphatic carbocycles. The van der Waals surface area contributed by atoms with E-state index in [2.05, 4.69) is 24.0 Å². The van der Waals surface area contributed by atoms with Gasteiger partial charge in [-0.25, -0.2) is 0 Å². The highest BCUT2D eigenvalue weighted by atomic mass is 15.1. The van der Waals surface area contributed by atoms with Gasteiger partial charge in [-0.3, -0.25) is 4.90 Å². The second kappa shape index (κ2) is 5.12. The van der Waals surface area contributed by atoms with Crippen molar-refractivity contribution in [1.29, 1.82) is 0 Å². The van der Waals surface area contributed by atoms with E-state index in [1.165, 1.54) is 18.5 Å². The molecule has 0 saturated carbocycles. The molecule has 2 nitrogen and oxygen atoms in total. The molecule has 2 heteroatoms. The van der Waals surface area contributed by atoms with Crippen LogP contribution in [0.15, 0.2) is 23.8 Å². The van der Waals surface area contributed by atoms with Gasteiger partial charge in [-0.15, -0.1) is 0 Å². The summed E-state index contributed by atoms with van der Waals surface area (Å²) in [5.74, 6) is 0. The first-order valence-electron chi connectivity index (χ1n) is 4.56. The summed E-state index contributed by atoms with van der Waals surface area (Å²) in [5, 5.41) is 0. The zero-order valence-corrected chi connectivity index (χ0v) is 7.79. The lowest BCUT2D eigenvalue weighted by Gasteiger charge is -2.23. The lowest BCUT2D eigenvalue weighted by atomic mass is 10.1. The topological polar surface area (TPSA) is 29.3 Å². The van der Waals surface area contributed by atoms with E-state index in [1.54, 1.807) is 0 Å². The van der Waals surface area contributed by atoms with E-state index in [9.17, 15) is 0 Å². The fourth-order valence-corrected chi connectivity index (χ4v) is 1.30. The van der Waals surface area contributed by atoms with Crippen LogP contribution in [0.4, 0.5) is 0 Å². The smallest absolute Gasteiger partial charge is 0.0169 e. The summed E-state index contributed by atoms with van der Waals surface area (Å²) in [7, 11) is 0. The molecule has 1 rings (SSSR count). The van der Waals surface area contributed by atoms with Crippen molar-refractivity contribution < 1.29 is 0 Å². The van der Waals surface area contributed by atoms with E-state index in [4.69, 9.17) is 5.73 Å². The van der Waals surface area contributed by atoms with Gasteiger partial charge in [0.1, 0.15) is 0 Å². The molecule has 1 aliphatic heterocycles. The van der Waals surface area contributed by atoms with Gasteiger partial charge in [-0.05, 0) is 13.3 Å². The molecule has 0 aromatic heterocycles. The van der Waals surface area contributed by atoms with Gasteiger partial charge in [0.15, 0.2) is 0 Å². The van der Waals surface area contributed by atoms with Gasteiger partial charge in [0.2, 0.25) is 0 Å². The van der Waals surface area contributed by atoms with Crippen LogP contribution in [0.3, 0.4) is 0 Å². The summed E-state index contributed by atoms with van der Waals surface area (Å²) in [4.78, 5) is 2.42. The number of nitrogens with zero attached hydrogens (tertiary/aromatic N) is 1. The van der Waals surface area contributed by atoms with Gasteiger partial charge in [0.05, 0.1) is 0 Å². The normalized spacial score (nSPS) is 20.0. The first-order valence-corrected chi connectivity index (χ1v) is 4.56. The Morgan fingerprint density at radius 1 is 1.58 bits per heavy atom. The molecule has 1 aliphatic rings. The summed E-state index contributed by atoms with van der Waals surface area (Å²) in [6.07, 6.45) is 7.69. The van der Waals surface area contributed by atoms with Crippen LogP contribution in [0.5, 0.6) is 0 Å². The monoisotopic (exact) mass is 166 g/mol. The summed E-state index contributed by atoms with van der Waals surface area (Å²) >= 11 is 0. The first-order chi connectivity index (χ1) is 5.83. The minimum absolute atomic E-state index is 0.655. The second-order valence-electron chi connectivity index (χ2n) is 3.27. The largest absolute Gasteiger partial charge is 0.327 e. The maximum Gasteiger partial charge on any atom is 0.0169 e. The molecule has 0 amide bonds. The molecule has 0 unspecified atom stereocenters. The third-order valence-electron chi connectivity index (χ3n) is 2.19. The van der Waals surface area contributed by atoms with Gasteiger partial charge in [-0.2, -0.15) is 0 Å². The minimum atomic E-state index is 0.655. The molecule has 0 fully saturated rings. The maximum atomic E-state index is 5.35. The third kappa shape index (κ3) is 3.20. The summed E-state index contributed by atoms with van der Waals surface area (Å²) in [6.45, 7) is 6.19. The van der Waals surface area contributed by atoms with Crippen molar-refractivity contribution in [2.45, 2.75) is 13.3 Å². The first kappa shape index (κ1) is 9.49. The molecular weight excluding hydrogens is 148 g/mol. The minimum Gasteiger partial charge on any atom is -0.327 e. The van der Waals surface area contributed by atoms with E-state index >= 15 is 0 Å². The number of rotatable bonds is 3. The van der Waals surface area contributed by atoms with Gasteiger partial charge < -0.3 is 5.73 Å². The Bertz CT molecular complexity index is 182. The number of nitrogens with two attached hydrogens (primary N) is 1. The molecule has 0 radical (unpaired) electrons. The Balaban J connectivity index is 2.23. The Morgan fingerprint density at radius 2 is 2.42 bits per heavy atom. The maximum absolute atomic E-state index is 5.35. The molecule has 0 atom stereocenters. The Morgan fingerprint density at radius 3 is 3.00 bits per heavy atom. The van der Waals surface area contributed by atoms with Crippen molar-refractivity contribution in [1.82, 2.24) is 4.90 Å². The van der Waals surface area contributed by atoms with Crippen molar-refractivity contribution in [3.8, 4) is 0 Å². The average Bonchev–Trinajstić information content (AvgIpc) is 2.09. The van der Waals surface area contributed by atoms with Crippen LogP contribution < -0.4 is 5.73 Å². The van der Waals surface area contributed by atoms with Crippen molar-refractivity contribution in [2.75, 3.05) is 26.2 Å². The quantitative estimate of drug-likeness (QED) is 0.637. The molecule has 0 spiro atoms. The lowest BCUT2D eigenvalue weighted by molar-refractivity contribution is 0.325. The fraction of sp³-hybridized carbons (Fsp3) is 0.600. The predicted molar refractivity (Wildman–Crippen MR) is 53.0 cm³/mol. The van der Waals surface area contributed by atoms with Gasteiger partial charge in [0, 0.05) is 26.2 Å². The Kier molecular flexibility index (Phi) is 4.05. The van der Waals surface area contributed by atoms with Gasteiger partial charge in [0.25, 0.3) is 0 Å². The van der Waals surface area contributed by atoms with E-state index in [-0.39, 0.29) is 0 Å². The molecule has 0 aromatic carbocycles. The van der Waals surface area contributed by atoms with Crippen LogP contribution >= 0.6 is 0 Å². The molecule has 68 valence electrons. The number of hydrogen-bond acceptors (Lipinski definition) is 2. The van der Waals surface area contributed by atoms with Crippen LogP contribution in [0.25, 0.3) is 0 Å². The third-order valence-corrected chi connectivity index (χ3v) is 2.19. The highest BCUT2D eigenvalue weighted by Crippen LogP contribution is 2.08. The SMILES string of the molecule is CC1=CCN(C/C=C/CN)CC1. The van der Waals surface area contributed by atoms with Crippen molar-refractivity contribution in [3.63, 3.8) is 0 Å². The van der Waals surface area contributed by atoms with E-state index in [1.807, 2.05) is 6.08 Å². The van der Waals surface area contributed by atoms with Crippen LogP contribution in [-0.4, -0.2) is 31.1 Å². The number of hydrogen-bond donors (Lipinski definition) is 1. The summed E-state index contributed by atoms with van der Waals surface area (Å²) < 4.78 is 0. The molecule has 1 heterocycles. The molecule has 0 saturated heterocycles. The van der Waals surface area contributed by atoms with Crippen molar-refractivity contribution in [2.24, 2.45) is 5.73 Å². The standard InChI is InChI=1S/C10H18N2/c1-10-4-8-12(9-5-10)7-3-2-6-11/h2-4H,5-9,11H2,1H3/b3-2+. The van der Waals surface area contributed by atoms with Crippen LogP contribution in [0, 0.1) is 0 Å². The summed E-state index contributed by atoms with van der Waals surface area (Å²) in [5.41, 5.74) is 6.87. The molecule has 0 bridgehead atoms. The zero-order valence-electron chi connectivity index (χ0n) is 7.79. The van der Waals surface area contributed by atoms with E-state index < -0.39 is 0 Å². The van der Waals surface area contributed by atoms with Crippen molar-refractivity contribution in [3.05, 3.63) is 23.8 Å². The van der Waals surface area contributed by atoms with Crippen LogP contribution in [-0.2, 0) is 0 Å². The predicted octanol–water partition coefficient (Wildman–Crippen LogP) is 1.15. The second-order valence-corrected chi connectivity index (χ2v) is 3.27. The molecule has 2 N–H and O–H groups in total. The van der Waals surface area contributed by atoms with Gasteiger partial charge in [-0.1, -0.05) is 23.8 Å². The fourth-order valence-electron chi connectivity index (χ4n) is 1.30. The lowest BCUT2D eigenvalue weighted by Crippen LogP contribution is -2.28. The Hall–Kier alpha value is -0.600. The highest BCUT2D eigenvalue weighted by molar-refractivity contribution is 5.04. The summed E-state index contributed by atoms with van der Waals surface area (Å²) in [6, 6.07) is 0. The van der Waals surface area contributed by atoms with Crippen LogP contribution in [0.2, 0.25) is 0 Å². The highest BCUT2D eigenvalue weighted by Gasteiger charge is 2.06. The zero-order chi connectivity index (χ0) is 8.81. The molecular formula is C10H18N2.